The van der Waals surface area contributed by atoms with Gasteiger partial charge in [-0.15, -0.1) is 0 Å². The first-order valence-corrected chi connectivity index (χ1v) is 8.02. The second-order valence-electron chi connectivity index (χ2n) is 4.84. The number of nitrogens with zero attached hydrogens (tertiary/aromatic N) is 1. The van der Waals surface area contributed by atoms with E-state index in [0.717, 1.165) is 30.5 Å². The fourth-order valence-corrected chi connectivity index (χ4v) is 2.84. The van der Waals surface area contributed by atoms with Gasteiger partial charge in [0.05, 0.1) is 5.02 Å². The largest absolute Gasteiger partial charge is 0.310 e. The van der Waals surface area contributed by atoms with Gasteiger partial charge in [-0.25, -0.2) is 0 Å². The molecule has 1 N–H and O–H groups in total. The zero-order chi connectivity index (χ0) is 15.2. The molecule has 21 heavy (non-hydrogen) atoms. The minimum atomic E-state index is 0.0800. The third-order valence-electron chi connectivity index (χ3n) is 3.25. The van der Waals surface area contributed by atoms with Crippen molar-refractivity contribution in [1.82, 2.24) is 10.3 Å². The van der Waals surface area contributed by atoms with Gasteiger partial charge in [0.1, 0.15) is 0 Å². The fraction of sp³-hybridized carbons (Fsp3) is 0.312. The lowest BCUT2D eigenvalue weighted by Gasteiger charge is -2.21. The number of benzene rings is 1. The first-order valence-electron chi connectivity index (χ1n) is 6.88. The fourth-order valence-electron chi connectivity index (χ4n) is 2.20. The molecule has 1 heterocycles. The molecule has 5 heteroatoms. The van der Waals surface area contributed by atoms with Crippen LogP contribution in [0.2, 0.25) is 15.1 Å². The minimum Gasteiger partial charge on any atom is -0.310 e. The lowest BCUT2D eigenvalue weighted by atomic mass is 9.99. The first-order chi connectivity index (χ1) is 10.1. The number of nitrogens with one attached hydrogen (secondary N) is 1. The molecule has 0 saturated heterocycles. The van der Waals surface area contributed by atoms with Gasteiger partial charge in [0.25, 0.3) is 0 Å². The number of rotatable bonds is 6. The average molecular weight is 344 g/mol. The van der Waals surface area contributed by atoms with Crippen LogP contribution >= 0.6 is 34.8 Å². The Kier molecular flexibility index (Phi) is 6.31. The van der Waals surface area contributed by atoms with Crippen molar-refractivity contribution < 1.29 is 0 Å². The van der Waals surface area contributed by atoms with E-state index in [1.807, 2.05) is 18.2 Å². The third-order valence-corrected chi connectivity index (χ3v) is 4.17. The lowest BCUT2D eigenvalue weighted by Crippen LogP contribution is -2.24. The number of halogens is 3. The van der Waals surface area contributed by atoms with Gasteiger partial charge in [-0.05, 0) is 54.8 Å². The Balaban J connectivity index is 2.28. The van der Waals surface area contributed by atoms with Gasteiger partial charge < -0.3 is 5.32 Å². The minimum absolute atomic E-state index is 0.0800. The summed E-state index contributed by atoms with van der Waals surface area (Å²) in [6.07, 6.45) is 5.18. The standard InChI is InChI=1S/C16H17Cl3N2/c1-2-6-21-16(13-5-7-20-10-15(13)19)9-11-8-12(17)3-4-14(11)18/h3-5,7-8,10,16,21H,2,6,9H2,1H3. The van der Waals surface area contributed by atoms with Crippen molar-refractivity contribution in [3.8, 4) is 0 Å². The highest BCUT2D eigenvalue weighted by molar-refractivity contribution is 6.33. The predicted octanol–water partition coefficient (Wildman–Crippen LogP) is 5.33. The van der Waals surface area contributed by atoms with E-state index in [1.165, 1.54) is 0 Å². The number of hydrogen-bond donors (Lipinski definition) is 1. The zero-order valence-corrected chi connectivity index (χ0v) is 14.0. The lowest BCUT2D eigenvalue weighted by molar-refractivity contribution is 0.529. The van der Waals surface area contributed by atoms with Crippen molar-refractivity contribution >= 4 is 34.8 Å². The Bertz CT molecular complexity index is 602. The number of hydrogen-bond acceptors (Lipinski definition) is 2. The molecule has 0 saturated carbocycles. The highest BCUT2D eigenvalue weighted by atomic mass is 35.5. The molecule has 2 nitrogen and oxygen atoms in total. The van der Waals surface area contributed by atoms with Gasteiger partial charge in [-0.2, -0.15) is 0 Å². The quantitative estimate of drug-likeness (QED) is 0.767. The van der Waals surface area contributed by atoms with Crippen LogP contribution in [0.4, 0.5) is 0 Å². The average Bonchev–Trinajstić information content (AvgIpc) is 2.48. The first kappa shape index (κ1) is 16.6. The SMILES string of the molecule is CCCNC(Cc1cc(Cl)ccc1Cl)c1ccncc1Cl. The summed E-state index contributed by atoms with van der Waals surface area (Å²) in [4.78, 5) is 4.04. The highest BCUT2D eigenvalue weighted by Crippen LogP contribution is 2.29. The van der Waals surface area contributed by atoms with Crippen molar-refractivity contribution in [1.29, 1.82) is 0 Å². The molecule has 1 atom stereocenters. The third kappa shape index (κ3) is 4.58. The van der Waals surface area contributed by atoms with Crippen LogP contribution in [-0.4, -0.2) is 11.5 Å². The summed E-state index contributed by atoms with van der Waals surface area (Å²) < 4.78 is 0. The van der Waals surface area contributed by atoms with Crippen LogP contribution < -0.4 is 5.32 Å². The molecule has 112 valence electrons. The van der Waals surface area contributed by atoms with Gasteiger partial charge in [-0.1, -0.05) is 41.7 Å². The van der Waals surface area contributed by atoms with E-state index in [9.17, 15) is 0 Å². The number of aromatic nitrogens is 1. The molecule has 0 bridgehead atoms. The summed E-state index contributed by atoms with van der Waals surface area (Å²) in [5, 5.41) is 5.56. The van der Waals surface area contributed by atoms with Crippen molar-refractivity contribution in [2.45, 2.75) is 25.8 Å². The Labute approximate surface area is 140 Å². The van der Waals surface area contributed by atoms with Crippen LogP contribution in [0.25, 0.3) is 0 Å². The Morgan fingerprint density at radius 1 is 1.14 bits per heavy atom. The van der Waals surface area contributed by atoms with E-state index in [1.54, 1.807) is 18.5 Å². The maximum atomic E-state index is 6.27. The molecule has 0 spiro atoms. The summed E-state index contributed by atoms with van der Waals surface area (Å²) in [6.45, 7) is 3.03. The van der Waals surface area contributed by atoms with Crippen LogP contribution in [0, 0.1) is 0 Å². The highest BCUT2D eigenvalue weighted by Gasteiger charge is 2.16. The maximum absolute atomic E-state index is 6.27. The summed E-state index contributed by atoms with van der Waals surface area (Å²) >= 11 is 18.6. The monoisotopic (exact) mass is 342 g/mol. The summed E-state index contributed by atoms with van der Waals surface area (Å²) in [5.41, 5.74) is 2.03. The molecular weight excluding hydrogens is 327 g/mol. The molecule has 0 amide bonds. The normalized spacial score (nSPS) is 12.4. The Morgan fingerprint density at radius 3 is 2.67 bits per heavy atom. The van der Waals surface area contributed by atoms with Crippen molar-refractivity contribution in [3.63, 3.8) is 0 Å². The van der Waals surface area contributed by atoms with E-state index in [4.69, 9.17) is 34.8 Å². The predicted molar refractivity (Wildman–Crippen MR) is 90.4 cm³/mol. The maximum Gasteiger partial charge on any atom is 0.0637 e. The van der Waals surface area contributed by atoms with Gasteiger partial charge >= 0.3 is 0 Å². The second kappa shape index (κ2) is 8.00. The van der Waals surface area contributed by atoms with Crippen molar-refractivity contribution in [2.75, 3.05) is 6.54 Å². The summed E-state index contributed by atoms with van der Waals surface area (Å²) in [5.74, 6) is 0. The Morgan fingerprint density at radius 2 is 1.95 bits per heavy atom. The van der Waals surface area contributed by atoms with Gasteiger partial charge in [0.2, 0.25) is 0 Å². The van der Waals surface area contributed by atoms with Crippen LogP contribution in [0.5, 0.6) is 0 Å². The van der Waals surface area contributed by atoms with E-state index in [2.05, 4.69) is 17.2 Å². The van der Waals surface area contributed by atoms with E-state index < -0.39 is 0 Å². The van der Waals surface area contributed by atoms with Crippen LogP contribution in [-0.2, 0) is 6.42 Å². The molecular formula is C16H17Cl3N2. The topological polar surface area (TPSA) is 24.9 Å². The molecule has 1 aromatic heterocycles. The van der Waals surface area contributed by atoms with E-state index in [0.29, 0.717) is 15.1 Å². The molecule has 2 aromatic rings. The van der Waals surface area contributed by atoms with Crippen molar-refractivity contribution in [2.24, 2.45) is 0 Å². The van der Waals surface area contributed by atoms with Crippen LogP contribution in [0.3, 0.4) is 0 Å². The van der Waals surface area contributed by atoms with E-state index in [-0.39, 0.29) is 6.04 Å². The van der Waals surface area contributed by atoms with Gasteiger partial charge in [0, 0.05) is 28.5 Å². The molecule has 0 aliphatic carbocycles. The smallest absolute Gasteiger partial charge is 0.0637 e. The second-order valence-corrected chi connectivity index (χ2v) is 6.09. The number of pyridine rings is 1. The molecule has 0 aliphatic heterocycles. The van der Waals surface area contributed by atoms with Crippen molar-refractivity contribution in [3.05, 3.63) is 62.9 Å². The molecule has 1 aromatic carbocycles. The molecule has 1 unspecified atom stereocenters. The summed E-state index contributed by atoms with van der Waals surface area (Å²) in [6, 6.07) is 7.54. The Hall–Kier alpha value is -0.800. The zero-order valence-electron chi connectivity index (χ0n) is 11.7. The van der Waals surface area contributed by atoms with Crippen LogP contribution in [0.1, 0.15) is 30.5 Å². The molecule has 2 rings (SSSR count). The van der Waals surface area contributed by atoms with E-state index >= 15 is 0 Å². The molecule has 0 aliphatic rings. The van der Waals surface area contributed by atoms with Gasteiger partial charge in [0.15, 0.2) is 0 Å². The van der Waals surface area contributed by atoms with Crippen LogP contribution in [0.15, 0.2) is 36.7 Å². The molecule has 0 fully saturated rings. The molecule has 0 radical (unpaired) electrons. The van der Waals surface area contributed by atoms with Gasteiger partial charge in [-0.3, -0.25) is 4.98 Å². The summed E-state index contributed by atoms with van der Waals surface area (Å²) in [7, 11) is 0.